The number of allylic oxidation sites excluding steroid dienone is 10. The lowest BCUT2D eigenvalue weighted by atomic mass is 10.0. The Bertz CT molecular complexity index is 1310. The average Bonchev–Trinajstić information content (AvgIpc) is 3.39. The lowest BCUT2D eigenvalue weighted by molar-refractivity contribution is -0.166. The summed E-state index contributed by atoms with van der Waals surface area (Å²) in [5.74, 6) is -0.961. The molecule has 0 aromatic rings. The number of ether oxygens (including phenoxy) is 3. The first-order chi connectivity index (χ1) is 36.0. The monoisotopic (exact) mass is 1020 g/mol. The van der Waals surface area contributed by atoms with Gasteiger partial charge in [-0.3, -0.25) is 14.4 Å². The lowest BCUT2D eigenvalue weighted by Gasteiger charge is -2.18. The van der Waals surface area contributed by atoms with Gasteiger partial charge in [-0.25, -0.2) is 0 Å². The Morgan fingerprint density at radius 2 is 0.562 bits per heavy atom. The zero-order valence-electron chi connectivity index (χ0n) is 48.7. The third-order valence-corrected chi connectivity index (χ3v) is 14.0. The van der Waals surface area contributed by atoms with Crippen LogP contribution in [-0.2, 0) is 28.6 Å². The van der Waals surface area contributed by atoms with Crippen molar-refractivity contribution in [2.24, 2.45) is 0 Å². The van der Waals surface area contributed by atoms with Crippen molar-refractivity contribution in [3.63, 3.8) is 0 Å². The van der Waals surface area contributed by atoms with E-state index in [1.165, 1.54) is 218 Å². The minimum Gasteiger partial charge on any atom is -0.462 e. The van der Waals surface area contributed by atoms with Crippen LogP contribution in [0.5, 0.6) is 0 Å². The second-order valence-electron chi connectivity index (χ2n) is 21.3. The Morgan fingerprint density at radius 1 is 0.288 bits per heavy atom. The largest absolute Gasteiger partial charge is 0.462 e. The van der Waals surface area contributed by atoms with E-state index in [2.05, 4.69) is 75.5 Å². The molecule has 0 N–H and O–H groups in total. The first-order valence-corrected chi connectivity index (χ1v) is 31.8. The van der Waals surface area contributed by atoms with Crippen molar-refractivity contribution in [1.29, 1.82) is 0 Å². The van der Waals surface area contributed by atoms with Crippen LogP contribution in [0, 0.1) is 0 Å². The third kappa shape index (κ3) is 59.9. The summed E-state index contributed by atoms with van der Waals surface area (Å²) in [6.07, 6.45) is 78.3. The molecule has 0 heterocycles. The van der Waals surface area contributed by atoms with Crippen LogP contribution in [0.15, 0.2) is 60.8 Å². The Balaban J connectivity index is 4.24. The van der Waals surface area contributed by atoms with E-state index in [0.717, 1.165) is 64.2 Å². The molecule has 0 aliphatic carbocycles. The van der Waals surface area contributed by atoms with Gasteiger partial charge in [0.25, 0.3) is 0 Å². The molecular formula is C67H120O6. The second-order valence-corrected chi connectivity index (χ2v) is 21.3. The molecule has 0 fully saturated rings. The number of hydrogen-bond donors (Lipinski definition) is 0. The van der Waals surface area contributed by atoms with Gasteiger partial charge in [-0.2, -0.15) is 0 Å². The summed E-state index contributed by atoms with van der Waals surface area (Å²) < 4.78 is 16.8. The summed E-state index contributed by atoms with van der Waals surface area (Å²) in [5.41, 5.74) is 0. The normalized spacial score (nSPS) is 12.4. The number of unbranched alkanes of at least 4 members (excludes halogenated alkanes) is 37. The molecule has 0 aromatic heterocycles. The highest BCUT2D eigenvalue weighted by Crippen LogP contribution is 2.17. The molecule has 0 bridgehead atoms. The quantitative estimate of drug-likeness (QED) is 0.0261. The molecule has 0 aliphatic heterocycles. The smallest absolute Gasteiger partial charge is 0.306 e. The zero-order valence-corrected chi connectivity index (χ0v) is 48.7. The molecular weight excluding hydrogens is 901 g/mol. The molecule has 1 atom stereocenters. The first-order valence-electron chi connectivity index (χ1n) is 31.8. The van der Waals surface area contributed by atoms with Crippen molar-refractivity contribution in [2.75, 3.05) is 13.2 Å². The predicted octanol–water partition coefficient (Wildman–Crippen LogP) is 21.6. The van der Waals surface area contributed by atoms with E-state index in [1.54, 1.807) is 0 Å². The predicted molar refractivity (Wildman–Crippen MR) is 316 cm³/mol. The number of hydrogen-bond acceptors (Lipinski definition) is 6. The van der Waals surface area contributed by atoms with Gasteiger partial charge in [0.1, 0.15) is 13.2 Å². The van der Waals surface area contributed by atoms with Crippen LogP contribution >= 0.6 is 0 Å². The fraction of sp³-hybridized carbons (Fsp3) is 0.806. The van der Waals surface area contributed by atoms with Crippen molar-refractivity contribution >= 4 is 17.9 Å². The fourth-order valence-corrected chi connectivity index (χ4v) is 9.28. The molecule has 0 saturated carbocycles. The molecule has 1 unspecified atom stereocenters. The third-order valence-electron chi connectivity index (χ3n) is 14.0. The van der Waals surface area contributed by atoms with Crippen LogP contribution in [0.4, 0.5) is 0 Å². The van der Waals surface area contributed by atoms with Crippen LogP contribution in [0.1, 0.15) is 329 Å². The Kier molecular flexibility index (Phi) is 59.2. The van der Waals surface area contributed by atoms with Crippen molar-refractivity contribution in [3.05, 3.63) is 60.8 Å². The van der Waals surface area contributed by atoms with E-state index in [1.807, 2.05) is 6.08 Å². The van der Waals surface area contributed by atoms with Gasteiger partial charge < -0.3 is 14.2 Å². The highest BCUT2D eigenvalue weighted by atomic mass is 16.6. The summed E-state index contributed by atoms with van der Waals surface area (Å²) in [6.45, 7) is 6.50. The van der Waals surface area contributed by atoms with Gasteiger partial charge in [-0.15, -0.1) is 0 Å². The van der Waals surface area contributed by atoms with Crippen LogP contribution in [0.3, 0.4) is 0 Å². The molecule has 0 aromatic carbocycles. The molecule has 73 heavy (non-hydrogen) atoms. The highest BCUT2D eigenvalue weighted by Gasteiger charge is 2.19. The van der Waals surface area contributed by atoms with E-state index in [-0.39, 0.29) is 37.5 Å². The number of rotatable bonds is 58. The summed E-state index contributed by atoms with van der Waals surface area (Å²) in [7, 11) is 0. The van der Waals surface area contributed by atoms with Gasteiger partial charge in [-0.05, 0) is 70.6 Å². The minimum absolute atomic E-state index is 0.0924. The number of carbonyl (C=O) groups excluding carboxylic acids is 3. The molecule has 0 spiro atoms. The number of esters is 3. The minimum atomic E-state index is -0.800. The Hall–Kier alpha value is -2.89. The molecule has 0 aliphatic rings. The Morgan fingerprint density at radius 3 is 0.918 bits per heavy atom. The standard InChI is InChI=1S/C67H120O6/c1-4-7-10-13-16-19-22-25-27-28-29-30-31-32-33-34-35-36-37-38-40-42-45-48-51-54-57-60-66(69)72-63-64(62-71-65(68)59-56-53-50-47-44-41-24-21-18-15-12-9-6-3)73-67(70)61-58-55-52-49-46-43-39-26-23-20-17-14-11-8-5-2/h9,12,18,21,28-29,41,44,50,53,64H,4-8,10-11,13-17,19-20,22-27,30-40,42-43,45-49,51-52,54-63H2,1-3H3/b12-9-,21-18-,29-28-,44-41-,53-50-. The maximum absolute atomic E-state index is 12.9. The topological polar surface area (TPSA) is 78.9 Å². The summed E-state index contributed by atoms with van der Waals surface area (Å²) >= 11 is 0. The second kappa shape index (κ2) is 61.7. The molecule has 0 rings (SSSR count). The number of carbonyl (C=O) groups is 3. The van der Waals surface area contributed by atoms with E-state index < -0.39 is 6.10 Å². The van der Waals surface area contributed by atoms with Gasteiger partial charge in [0.2, 0.25) is 0 Å². The van der Waals surface area contributed by atoms with Gasteiger partial charge in [-0.1, -0.05) is 300 Å². The van der Waals surface area contributed by atoms with Crippen molar-refractivity contribution < 1.29 is 28.6 Å². The van der Waals surface area contributed by atoms with Crippen LogP contribution < -0.4 is 0 Å². The maximum Gasteiger partial charge on any atom is 0.306 e. The molecule has 424 valence electrons. The summed E-state index contributed by atoms with van der Waals surface area (Å²) in [4.78, 5) is 38.2. The molecule has 0 radical (unpaired) electrons. The molecule has 6 heteroatoms. The van der Waals surface area contributed by atoms with Crippen molar-refractivity contribution in [3.8, 4) is 0 Å². The average molecular weight is 1020 g/mol. The SMILES string of the molecule is CC/C=C\C/C=C\C/C=C\C/C=C\CCC(=O)OCC(COC(=O)CCCCCCCCCCCCCCCCC/C=C\CCCCCCCCCC)OC(=O)CCCCCCCCCCCCCCCCC. The first kappa shape index (κ1) is 70.1. The lowest BCUT2D eigenvalue weighted by Crippen LogP contribution is -2.30. The van der Waals surface area contributed by atoms with Crippen LogP contribution in [0.25, 0.3) is 0 Å². The van der Waals surface area contributed by atoms with Crippen molar-refractivity contribution in [1.82, 2.24) is 0 Å². The van der Waals surface area contributed by atoms with E-state index >= 15 is 0 Å². The van der Waals surface area contributed by atoms with Gasteiger partial charge in [0.15, 0.2) is 6.10 Å². The molecule has 0 saturated heterocycles. The van der Waals surface area contributed by atoms with Gasteiger partial charge in [0, 0.05) is 19.3 Å². The summed E-state index contributed by atoms with van der Waals surface area (Å²) in [5, 5.41) is 0. The fourth-order valence-electron chi connectivity index (χ4n) is 9.28. The Labute approximate surface area is 453 Å². The maximum atomic E-state index is 12.9. The molecule has 0 amide bonds. The van der Waals surface area contributed by atoms with E-state index in [9.17, 15) is 14.4 Å². The van der Waals surface area contributed by atoms with E-state index in [4.69, 9.17) is 14.2 Å². The summed E-state index contributed by atoms with van der Waals surface area (Å²) in [6, 6.07) is 0. The highest BCUT2D eigenvalue weighted by molar-refractivity contribution is 5.71. The van der Waals surface area contributed by atoms with Crippen LogP contribution in [0.2, 0.25) is 0 Å². The molecule has 6 nitrogen and oxygen atoms in total. The van der Waals surface area contributed by atoms with Crippen LogP contribution in [-0.4, -0.2) is 37.2 Å². The van der Waals surface area contributed by atoms with Gasteiger partial charge in [0.05, 0.1) is 0 Å². The zero-order chi connectivity index (χ0) is 52.9. The van der Waals surface area contributed by atoms with Gasteiger partial charge >= 0.3 is 17.9 Å². The van der Waals surface area contributed by atoms with E-state index in [0.29, 0.717) is 19.3 Å². The van der Waals surface area contributed by atoms with Crippen molar-refractivity contribution in [2.45, 2.75) is 335 Å².